The van der Waals surface area contributed by atoms with Gasteiger partial charge >= 0.3 is 0 Å². The van der Waals surface area contributed by atoms with Crippen molar-refractivity contribution in [3.05, 3.63) is 65.5 Å². The smallest absolute Gasteiger partial charge is 0.251 e. The summed E-state index contributed by atoms with van der Waals surface area (Å²) in [5, 5.41) is 6.08. The van der Waals surface area contributed by atoms with Gasteiger partial charge in [-0.25, -0.2) is 4.39 Å². The van der Waals surface area contributed by atoms with Gasteiger partial charge < -0.3 is 10.6 Å². The average Bonchev–Trinajstić information content (AvgIpc) is 2.49. The van der Waals surface area contributed by atoms with Crippen molar-refractivity contribution in [2.75, 3.05) is 11.9 Å². The zero-order valence-electron chi connectivity index (χ0n) is 12.2. The highest BCUT2D eigenvalue weighted by Gasteiger charge is 2.11. The van der Waals surface area contributed by atoms with Crippen LogP contribution in [0.4, 0.5) is 10.1 Å². The van der Waals surface area contributed by atoms with Crippen molar-refractivity contribution in [2.24, 2.45) is 0 Å². The summed E-state index contributed by atoms with van der Waals surface area (Å²) in [6, 6.07) is 13.3. The van der Waals surface area contributed by atoms with E-state index >= 15 is 0 Å². The quantitative estimate of drug-likeness (QED) is 0.879. The van der Waals surface area contributed by atoms with E-state index in [9.17, 15) is 9.18 Å². The summed E-state index contributed by atoms with van der Waals surface area (Å²) >= 11 is 0. The number of anilines is 1. The van der Waals surface area contributed by atoms with Crippen molar-refractivity contribution >= 4 is 11.6 Å². The molecule has 21 heavy (non-hydrogen) atoms. The van der Waals surface area contributed by atoms with Gasteiger partial charge in [-0.3, -0.25) is 4.79 Å². The molecule has 2 aromatic carbocycles. The van der Waals surface area contributed by atoms with E-state index in [0.29, 0.717) is 5.56 Å². The molecule has 0 saturated heterocycles. The number of halogens is 1. The number of carbonyl (C=O) groups is 1. The molecule has 0 fully saturated rings. The van der Waals surface area contributed by atoms with E-state index in [1.165, 1.54) is 12.1 Å². The second-order valence-electron chi connectivity index (χ2n) is 4.85. The Morgan fingerprint density at radius 2 is 1.71 bits per heavy atom. The molecule has 3 nitrogen and oxygen atoms in total. The molecule has 0 spiro atoms. The van der Waals surface area contributed by atoms with Crippen LogP contribution in [0.25, 0.3) is 0 Å². The highest BCUT2D eigenvalue weighted by Crippen LogP contribution is 2.15. The van der Waals surface area contributed by atoms with Crippen LogP contribution >= 0.6 is 0 Å². The van der Waals surface area contributed by atoms with Gasteiger partial charge in [0.1, 0.15) is 5.82 Å². The van der Waals surface area contributed by atoms with Gasteiger partial charge in [-0.05, 0) is 55.8 Å². The van der Waals surface area contributed by atoms with Crippen LogP contribution in [-0.2, 0) is 0 Å². The molecule has 0 bridgehead atoms. The summed E-state index contributed by atoms with van der Waals surface area (Å²) in [5.41, 5.74) is 2.46. The van der Waals surface area contributed by atoms with E-state index in [1.54, 1.807) is 24.3 Å². The van der Waals surface area contributed by atoms with Gasteiger partial charge in [-0.1, -0.05) is 12.1 Å². The molecule has 0 radical (unpaired) electrons. The topological polar surface area (TPSA) is 41.1 Å². The molecule has 1 amide bonds. The van der Waals surface area contributed by atoms with Crippen LogP contribution in [0.5, 0.6) is 0 Å². The standard InChI is InChI=1S/C17H19FN2O/c1-3-19-16-10-6-14(7-11-16)17(21)20-12(2)13-4-8-15(18)9-5-13/h4-12,19H,3H2,1-2H3,(H,20,21). The molecule has 4 heteroatoms. The van der Waals surface area contributed by atoms with Gasteiger partial charge in [-0.15, -0.1) is 0 Å². The maximum absolute atomic E-state index is 12.9. The van der Waals surface area contributed by atoms with Crippen molar-refractivity contribution in [3.63, 3.8) is 0 Å². The van der Waals surface area contributed by atoms with Crippen molar-refractivity contribution in [1.82, 2.24) is 5.32 Å². The van der Waals surface area contributed by atoms with Crippen LogP contribution in [0.1, 0.15) is 35.8 Å². The van der Waals surface area contributed by atoms with Crippen molar-refractivity contribution < 1.29 is 9.18 Å². The second kappa shape index (κ2) is 6.88. The first-order valence-corrected chi connectivity index (χ1v) is 7.00. The molecule has 0 heterocycles. The summed E-state index contributed by atoms with van der Waals surface area (Å²) in [6.45, 7) is 4.73. The first kappa shape index (κ1) is 15.0. The van der Waals surface area contributed by atoms with Gasteiger partial charge in [0.2, 0.25) is 0 Å². The normalized spacial score (nSPS) is 11.8. The van der Waals surface area contributed by atoms with Gasteiger partial charge in [-0.2, -0.15) is 0 Å². The monoisotopic (exact) mass is 286 g/mol. The van der Waals surface area contributed by atoms with Crippen LogP contribution < -0.4 is 10.6 Å². The van der Waals surface area contributed by atoms with Gasteiger partial charge in [0.05, 0.1) is 6.04 Å². The Morgan fingerprint density at radius 3 is 2.29 bits per heavy atom. The molecule has 1 unspecified atom stereocenters. The van der Waals surface area contributed by atoms with E-state index in [0.717, 1.165) is 17.8 Å². The van der Waals surface area contributed by atoms with E-state index in [-0.39, 0.29) is 17.8 Å². The van der Waals surface area contributed by atoms with Crippen molar-refractivity contribution in [2.45, 2.75) is 19.9 Å². The van der Waals surface area contributed by atoms with Crippen LogP contribution in [-0.4, -0.2) is 12.5 Å². The Bertz CT molecular complexity index is 593. The van der Waals surface area contributed by atoms with Crippen molar-refractivity contribution in [3.8, 4) is 0 Å². The molecule has 1 atom stereocenters. The molecule has 0 aliphatic heterocycles. The molecular weight excluding hydrogens is 267 g/mol. The number of nitrogens with one attached hydrogen (secondary N) is 2. The maximum Gasteiger partial charge on any atom is 0.251 e. The minimum Gasteiger partial charge on any atom is -0.385 e. The fourth-order valence-corrected chi connectivity index (χ4v) is 2.06. The Hall–Kier alpha value is -2.36. The zero-order chi connectivity index (χ0) is 15.2. The first-order chi connectivity index (χ1) is 10.1. The van der Waals surface area contributed by atoms with Crippen molar-refractivity contribution in [1.29, 1.82) is 0 Å². The fourth-order valence-electron chi connectivity index (χ4n) is 2.06. The number of rotatable bonds is 5. The highest BCUT2D eigenvalue weighted by molar-refractivity contribution is 5.94. The van der Waals surface area contributed by atoms with Crippen LogP contribution in [0.3, 0.4) is 0 Å². The Labute approximate surface area is 124 Å². The van der Waals surface area contributed by atoms with Crippen LogP contribution in [0.2, 0.25) is 0 Å². The summed E-state index contributed by atoms with van der Waals surface area (Å²) in [5.74, 6) is -0.425. The Kier molecular flexibility index (Phi) is 4.93. The number of hydrogen-bond donors (Lipinski definition) is 2. The molecule has 0 aliphatic carbocycles. The lowest BCUT2D eigenvalue weighted by atomic mass is 10.1. The minimum atomic E-state index is -0.281. The summed E-state index contributed by atoms with van der Waals surface area (Å²) in [7, 11) is 0. The Balaban J connectivity index is 2.01. The number of benzene rings is 2. The summed E-state index contributed by atoms with van der Waals surface area (Å²) in [4.78, 5) is 12.2. The lowest BCUT2D eigenvalue weighted by Crippen LogP contribution is -2.26. The van der Waals surface area contributed by atoms with Crippen LogP contribution in [0, 0.1) is 5.82 Å². The third-order valence-corrected chi connectivity index (χ3v) is 3.25. The lowest BCUT2D eigenvalue weighted by molar-refractivity contribution is 0.0940. The highest BCUT2D eigenvalue weighted by atomic mass is 19.1. The molecule has 110 valence electrons. The molecule has 2 rings (SSSR count). The Morgan fingerprint density at radius 1 is 1.10 bits per heavy atom. The lowest BCUT2D eigenvalue weighted by Gasteiger charge is -2.14. The molecule has 0 aliphatic rings. The van der Waals surface area contributed by atoms with Gasteiger partial charge in [0.25, 0.3) is 5.91 Å². The SMILES string of the molecule is CCNc1ccc(C(=O)NC(C)c2ccc(F)cc2)cc1. The third-order valence-electron chi connectivity index (χ3n) is 3.25. The van der Waals surface area contributed by atoms with E-state index < -0.39 is 0 Å². The molecule has 2 aromatic rings. The fraction of sp³-hybridized carbons (Fsp3) is 0.235. The zero-order valence-corrected chi connectivity index (χ0v) is 12.2. The molecule has 0 aromatic heterocycles. The van der Waals surface area contributed by atoms with Gasteiger partial charge in [0, 0.05) is 17.8 Å². The van der Waals surface area contributed by atoms with Crippen LogP contribution in [0.15, 0.2) is 48.5 Å². The van der Waals surface area contributed by atoms with E-state index in [4.69, 9.17) is 0 Å². The minimum absolute atomic E-state index is 0.144. The predicted octanol–water partition coefficient (Wildman–Crippen LogP) is 3.75. The van der Waals surface area contributed by atoms with Gasteiger partial charge in [0.15, 0.2) is 0 Å². The number of hydrogen-bond acceptors (Lipinski definition) is 2. The predicted molar refractivity (Wildman–Crippen MR) is 82.9 cm³/mol. The molecule has 2 N–H and O–H groups in total. The van der Waals surface area contributed by atoms with E-state index in [1.807, 2.05) is 26.0 Å². The average molecular weight is 286 g/mol. The first-order valence-electron chi connectivity index (χ1n) is 7.00. The molecular formula is C17H19FN2O. The maximum atomic E-state index is 12.9. The number of carbonyl (C=O) groups excluding carboxylic acids is 1. The summed E-state index contributed by atoms with van der Waals surface area (Å²) in [6.07, 6.45) is 0. The number of amides is 1. The third kappa shape index (κ3) is 4.05. The van der Waals surface area contributed by atoms with E-state index in [2.05, 4.69) is 10.6 Å². The summed E-state index contributed by atoms with van der Waals surface area (Å²) < 4.78 is 12.9. The second-order valence-corrected chi connectivity index (χ2v) is 4.85. The largest absolute Gasteiger partial charge is 0.385 e. The molecule has 0 saturated carbocycles.